The van der Waals surface area contributed by atoms with Gasteiger partial charge in [0.15, 0.2) is 6.61 Å². The van der Waals surface area contributed by atoms with Crippen LogP contribution in [0.25, 0.3) is 0 Å². The Morgan fingerprint density at radius 2 is 1.54 bits per heavy atom. The minimum atomic E-state index is -0.295. The highest BCUT2D eigenvalue weighted by Crippen LogP contribution is 2.15. The molecule has 3 rings (SSSR count). The van der Waals surface area contributed by atoms with Gasteiger partial charge in [0.25, 0.3) is 11.8 Å². The van der Waals surface area contributed by atoms with Gasteiger partial charge < -0.3 is 15.4 Å². The van der Waals surface area contributed by atoms with Crippen LogP contribution in [-0.4, -0.2) is 18.4 Å². The average molecular weight is 395 g/mol. The second-order valence-electron chi connectivity index (χ2n) is 6.04. The van der Waals surface area contributed by atoms with Crippen molar-refractivity contribution < 1.29 is 14.3 Å². The van der Waals surface area contributed by atoms with Gasteiger partial charge in [0, 0.05) is 22.8 Å². The van der Waals surface area contributed by atoms with Crippen molar-refractivity contribution in [3.8, 4) is 5.75 Å². The van der Waals surface area contributed by atoms with Gasteiger partial charge in [-0.25, -0.2) is 0 Å². The van der Waals surface area contributed by atoms with E-state index in [1.807, 2.05) is 30.3 Å². The number of halogens is 1. The van der Waals surface area contributed by atoms with Crippen LogP contribution in [0.15, 0.2) is 78.9 Å². The Labute approximate surface area is 168 Å². The highest BCUT2D eigenvalue weighted by molar-refractivity contribution is 6.30. The van der Waals surface area contributed by atoms with Crippen LogP contribution in [0.2, 0.25) is 5.02 Å². The Morgan fingerprint density at radius 1 is 0.857 bits per heavy atom. The summed E-state index contributed by atoms with van der Waals surface area (Å²) in [7, 11) is 0. The summed E-state index contributed by atoms with van der Waals surface area (Å²) in [6.07, 6.45) is 0. The van der Waals surface area contributed by atoms with Crippen LogP contribution >= 0.6 is 11.6 Å². The van der Waals surface area contributed by atoms with E-state index in [1.165, 1.54) is 0 Å². The van der Waals surface area contributed by atoms with Gasteiger partial charge in [-0.1, -0.05) is 41.9 Å². The molecule has 0 aliphatic rings. The molecule has 0 saturated heterocycles. The van der Waals surface area contributed by atoms with E-state index in [1.54, 1.807) is 48.5 Å². The molecule has 142 valence electrons. The van der Waals surface area contributed by atoms with Crippen molar-refractivity contribution in [2.45, 2.75) is 6.54 Å². The molecular weight excluding hydrogens is 376 g/mol. The lowest BCUT2D eigenvalue weighted by atomic mass is 10.1. The second kappa shape index (κ2) is 9.58. The molecule has 0 atom stereocenters. The fourth-order valence-corrected chi connectivity index (χ4v) is 2.59. The number of rotatable bonds is 7. The molecule has 0 bridgehead atoms. The Kier molecular flexibility index (Phi) is 6.65. The number of carbonyl (C=O) groups is 2. The van der Waals surface area contributed by atoms with Crippen molar-refractivity contribution >= 4 is 29.1 Å². The molecule has 2 N–H and O–H groups in total. The van der Waals surface area contributed by atoms with E-state index in [4.69, 9.17) is 16.3 Å². The molecule has 0 aromatic heterocycles. The van der Waals surface area contributed by atoms with Gasteiger partial charge in [0.2, 0.25) is 0 Å². The summed E-state index contributed by atoms with van der Waals surface area (Å²) < 4.78 is 5.40. The summed E-state index contributed by atoms with van der Waals surface area (Å²) in [5, 5.41) is 6.19. The fraction of sp³-hybridized carbons (Fsp3) is 0.0909. The van der Waals surface area contributed by atoms with Gasteiger partial charge in [-0.05, 0) is 54.1 Å². The van der Waals surface area contributed by atoms with E-state index in [0.29, 0.717) is 28.6 Å². The molecule has 0 aliphatic heterocycles. The van der Waals surface area contributed by atoms with Crippen molar-refractivity contribution in [1.29, 1.82) is 0 Å². The molecule has 28 heavy (non-hydrogen) atoms. The first kappa shape index (κ1) is 19.5. The topological polar surface area (TPSA) is 67.4 Å². The molecule has 0 fully saturated rings. The van der Waals surface area contributed by atoms with E-state index in [0.717, 1.165) is 5.56 Å². The molecular formula is C22H19ClN2O3. The summed E-state index contributed by atoms with van der Waals surface area (Å²) in [5.41, 5.74) is 2.14. The maximum Gasteiger partial charge on any atom is 0.262 e. The second-order valence-corrected chi connectivity index (χ2v) is 6.47. The third kappa shape index (κ3) is 5.86. The highest BCUT2D eigenvalue weighted by Gasteiger charge is 2.07. The van der Waals surface area contributed by atoms with Crippen LogP contribution < -0.4 is 15.4 Å². The van der Waals surface area contributed by atoms with Crippen molar-refractivity contribution in [1.82, 2.24) is 5.32 Å². The van der Waals surface area contributed by atoms with Crippen LogP contribution in [0.4, 0.5) is 5.69 Å². The lowest BCUT2D eigenvalue weighted by molar-refractivity contribution is -0.118. The van der Waals surface area contributed by atoms with Crippen molar-refractivity contribution in [2.75, 3.05) is 11.9 Å². The molecule has 0 unspecified atom stereocenters. The molecule has 0 spiro atoms. The standard InChI is InChI=1S/C22H19ClN2O3/c23-18-8-12-20(13-9-18)28-15-21(26)25-19-10-6-17(7-11-19)22(27)24-14-16-4-2-1-3-5-16/h1-13H,14-15H2,(H,24,27)(H,25,26). The first-order chi connectivity index (χ1) is 13.6. The molecule has 2 amide bonds. The van der Waals surface area contributed by atoms with Crippen LogP contribution in [0, 0.1) is 0 Å². The fourth-order valence-electron chi connectivity index (χ4n) is 2.46. The van der Waals surface area contributed by atoms with E-state index in [-0.39, 0.29) is 18.4 Å². The van der Waals surface area contributed by atoms with Crippen LogP contribution in [0.5, 0.6) is 5.75 Å². The van der Waals surface area contributed by atoms with Crippen molar-refractivity contribution in [2.24, 2.45) is 0 Å². The number of benzene rings is 3. The largest absolute Gasteiger partial charge is 0.484 e. The average Bonchev–Trinajstić information content (AvgIpc) is 2.73. The number of hydrogen-bond donors (Lipinski definition) is 2. The molecule has 3 aromatic rings. The van der Waals surface area contributed by atoms with Crippen LogP contribution in [0.3, 0.4) is 0 Å². The molecule has 6 heteroatoms. The first-order valence-electron chi connectivity index (χ1n) is 8.70. The number of nitrogens with one attached hydrogen (secondary N) is 2. The number of carbonyl (C=O) groups excluding carboxylic acids is 2. The van der Waals surface area contributed by atoms with Gasteiger partial charge in [-0.15, -0.1) is 0 Å². The van der Waals surface area contributed by atoms with Crippen LogP contribution in [0.1, 0.15) is 15.9 Å². The molecule has 0 heterocycles. The van der Waals surface area contributed by atoms with Gasteiger partial charge in [-0.2, -0.15) is 0 Å². The summed E-state index contributed by atoms with van der Waals surface area (Å²) >= 11 is 5.80. The quantitative estimate of drug-likeness (QED) is 0.628. The lowest BCUT2D eigenvalue weighted by Gasteiger charge is -2.09. The third-order valence-electron chi connectivity index (χ3n) is 3.91. The summed E-state index contributed by atoms with van der Waals surface area (Å²) in [5.74, 6) is 0.0917. The zero-order chi connectivity index (χ0) is 19.8. The number of hydrogen-bond acceptors (Lipinski definition) is 3. The minimum absolute atomic E-state index is 0.124. The molecule has 5 nitrogen and oxygen atoms in total. The van der Waals surface area contributed by atoms with Crippen LogP contribution in [-0.2, 0) is 11.3 Å². The van der Waals surface area contributed by atoms with Gasteiger partial charge >= 0.3 is 0 Å². The van der Waals surface area contributed by atoms with Crippen molar-refractivity contribution in [3.63, 3.8) is 0 Å². The Bertz CT molecular complexity index is 926. The zero-order valence-electron chi connectivity index (χ0n) is 15.0. The summed E-state index contributed by atoms with van der Waals surface area (Å²) in [6, 6.07) is 23.1. The maximum absolute atomic E-state index is 12.2. The Hall–Kier alpha value is -3.31. The SMILES string of the molecule is O=C(COc1ccc(Cl)cc1)Nc1ccc(C(=O)NCc2ccccc2)cc1. The summed E-state index contributed by atoms with van der Waals surface area (Å²) in [4.78, 5) is 24.2. The van der Waals surface area contributed by atoms with Gasteiger partial charge in [0.1, 0.15) is 5.75 Å². The lowest BCUT2D eigenvalue weighted by Crippen LogP contribution is -2.23. The predicted molar refractivity (Wildman–Crippen MR) is 110 cm³/mol. The zero-order valence-corrected chi connectivity index (χ0v) is 15.8. The number of amides is 2. The molecule has 0 aliphatic carbocycles. The normalized spacial score (nSPS) is 10.2. The van der Waals surface area contributed by atoms with E-state index < -0.39 is 0 Å². The first-order valence-corrected chi connectivity index (χ1v) is 9.08. The number of anilines is 1. The monoisotopic (exact) mass is 394 g/mol. The smallest absolute Gasteiger partial charge is 0.262 e. The van der Waals surface area contributed by atoms with E-state index in [2.05, 4.69) is 10.6 Å². The summed E-state index contributed by atoms with van der Waals surface area (Å²) in [6.45, 7) is 0.334. The molecule has 0 saturated carbocycles. The maximum atomic E-state index is 12.2. The predicted octanol–water partition coefficient (Wildman–Crippen LogP) is 4.29. The van der Waals surface area contributed by atoms with Gasteiger partial charge in [0.05, 0.1) is 0 Å². The molecule has 0 radical (unpaired) electrons. The highest BCUT2D eigenvalue weighted by atomic mass is 35.5. The third-order valence-corrected chi connectivity index (χ3v) is 4.16. The van der Waals surface area contributed by atoms with E-state index in [9.17, 15) is 9.59 Å². The Balaban J connectivity index is 1.47. The minimum Gasteiger partial charge on any atom is -0.484 e. The number of ether oxygens (including phenoxy) is 1. The van der Waals surface area contributed by atoms with Crippen molar-refractivity contribution in [3.05, 3.63) is 95.0 Å². The van der Waals surface area contributed by atoms with E-state index >= 15 is 0 Å². The Morgan fingerprint density at radius 3 is 2.21 bits per heavy atom. The molecule has 3 aromatic carbocycles. The van der Waals surface area contributed by atoms with Gasteiger partial charge in [-0.3, -0.25) is 9.59 Å².